The van der Waals surface area contributed by atoms with E-state index in [0.29, 0.717) is 5.92 Å². The van der Waals surface area contributed by atoms with Crippen LogP contribution in [0, 0.1) is 12.8 Å². The van der Waals surface area contributed by atoms with Crippen molar-refractivity contribution in [2.75, 3.05) is 5.88 Å². The summed E-state index contributed by atoms with van der Waals surface area (Å²) in [6, 6.07) is 6.91. The van der Waals surface area contributed by atoms with Gasteiger partial charge >= 0.3 is 0 Å². The van der Waals surface area contributed by atoms with E-state index in [-0.39, 0.29) is 10.8 Å². The maximum absolute atomic E-state index is 6.20. The quantitative estimate of drug-likeness (QED) is 0.628. The summed E-state index contributed by atoms with van der Waals surface area (Å²) >= 11 is 6.20. The van der Waals surface area contributed by atoms with E-state index < -0.39 is 0 Å². The van der Waals surface area contributed by atoms with Gasteiger partial charge < -0.3 is 0 Å². The van der Waals surface area contributed by atoms with Crippen molar-refractivity contribution in [2.24, 2.45) is 5.92 Å². The SMILES string of the molecule is Cc1ccc2c(c1)C(C)(C)[C@H](CCl)CC2(C)C. The van der Waals surface area contributed by atoms with Crippen molar-refractivity contribution < 1.29 is 0 Å². The summed E-state index contributed by atoms with van der Waals surface area (Å²) in [5.41, 5.74) is 4.80. The number of benzene rings is 1. The number of halogens is 1. The zero-order valence-corrected chi connectivity index (χ0v) is 12.4. The van der Waals surface area contributed by atoms with Gasteiger partial charge in [-0.2, -0.15) is 0 Å². The largest absolute Gasteiger partial charge is 0.126 e. The Morgan fingerprint density at radius 1 is 1.18 bits per heavy atom. The first-order valence-electron chi connectivity index (χ1n) is 6.46. The van der Waals surface area contributed by atoms with E-state index in [1.54, 1.807) is 0 Å². The number of rotatable bonds is 1. The van der Waals surface area contributed by atoms with Crippen LogP contribution in [0.4, 0.5) is 0 Å². The highest BCUT2D eigenvalue weighted by atomic mass is 35.5. The molecule has 0 unspecified atom stereocenters. The van der Waals surface area contributed by atoms with Gasteiger partial charge in [-0.1, -0.05) is 51.5 Å². The smallest absolute Gasteiger partial charge is 0.0260 e. The maximum Gasteiger partial charge on any atom is 0.0260 e. The Hall–Kier alpha value is -0.490. The van der Waals surface area contributed by atoms with Crippen molar-refractivity contribution in [3.8, 4) is 0 Å². The van der Waals surface area contributed by atoms with Gasteiger partial charge in [-0.15, -0.1) is 11.6 Å². The van der Waals surface area contributed by atoms with Gasteiger partial charge in [0.25, 0.3) is 0 Å². The Bertz CT molecular complexity index is 429. The second-order valence-electron chi connectivity index (χ2n) is 6.71. The molecular weight excluding hydrogens is 228 g/mol. The van der Waals surface area contributed by atoms with Crippen LogP contribution in [0.25, 0.3) is 0 Å². The normalized spacial score (nSPS) is 25.4. The minimum absolute atomic E-state index is 0.193. The lowest BCUT2D eigenvalue weighted by atomic mass is 9.58. The molecule has 0 saturated carbocycles. The molecule has 0 spiro atoms. The molecule has 0 N–H and O–H groups in total. The highest BCUT2D eigenvalue weighted by Gasteiger charge is 2.43. The fourth-order valence-corrected chi connectivity index (χ4v) is 3.72. The van der Waals surface area contributed by atoms with Crippen LogP contribution in [-0.2, 0) is 10.8 Å². The summed E-state index contributed by atoms with van der Waals surface area (Å²) in [6.07, 6.45) is 1.18. The average molecular weight is 251 g/mol. The summed E-state index contributed by atoms with van der Waals surface area (Å²) in [7, 11) is 0. The van der Waals surface area contributed by atoms with Crippen LogP contribution in [-0.4, -0.2) is 5.88 Å². The van der Waals surface area contributed by atoms with Gasteiger partial charge in [0.15, 0.2) is 0 Å². The highest BCUT2D eigenvalue weighted by Crippen LogP contribution is 2.49. The van der Waals surface area contributed by atoms with Crippen molar-refractivity contribution >= 4 is 11.6 Å². The van der Waals surface area contributed by atoms with E-state index in [4.69, 9.17) is 11.6 Å². The summed E-state index contributed by atoms with van der Waals surface area (Å²) in [5.74, 6) is 1.32. The third kappa shape index (κ3) is 2.01. The summed E-state index contributed by atoms with van der Waals surface area (Å²) in [6.45, 7) is 11.5. The third-order valence-electron chi connectivity index (χ3n) is 4.56. The van der Waals surface area contributed by atoms with E-state index in [9.17, 15) is 0 Å². The van der Waals surface area contributed by atoms with E-state index >= 15 is 0 Å². The Kier molecular flexibility index (Phi) is 3.06. The minimum atomic E-state index is 0.193. The molecule has 1 aromatic carbocycles. The van der Waals surface area contributed by atoms with Crippen LogP contribution in [0.15, 0.2) is 18.2 Å². The number of hydrogen-bond acceptors (Lipinski definition) is 0. The molecule has 2 rings (SSSR count). The molecule has 1 atom stereocenters. The zero-order chi connectivity index (χ0) is 12.8. The lowest BCUT2D eigenvalue weighted by Gasteiger charge is -2.47. The van der Waals surface area contributed by atoms with Gasteiger partial charge in [0.2, 0.25) is 0 Å². The molecule has 0 bridgehead atoms. The molecule has 0 amide bonds. The number of alkyl halides is 1. The fourth-order valence-electron chi connectivity index (χ4n) is 3.23. The maximum atomic E-state index is 6.20. The molecule has 0 fully saturated rings. The van der Waals surface area contributed by atoms with Gasteiger partial charge in [0.1, 0.15) is 0 Å². The van der Waals surface area contributed by atoms with Gasteiger partial charge in [0.05, 0.1) is 0 Å². The van der Waals surface area contributed by atoms with Crippen LogP contribution in [0.3, 0.4) is 0 Å². The van der Waals surface area contributed by atoms with E-state index in [2.05, 4.69) is 52.8 Å². The highest BCUT2D eigenvalue weighted by molar-refractivity contribution is 6.18. The lowest BCUT2D eigenvalue weighted by Crippen LogP contribution is -2.42. The van der Waals surface area contributed by atoms with E-state index in [0.717, 1.165) is 5.88 Å². The van der Waals surface area contributed by atoms with E-state index in [1.165, 1.54) is 23.1 Å². The second kappa shape index (κ2) is 4.02. The molecule has 1 aromatic rings. The Morgan fingerprint density at radius 2 is 1.82 bits per heavy atom. The standard InChI is InChI=1S/C16H23Cl/c1-11-6-7-13-14(8-11)16(4,5)12(10-17)9-15(13,2)3/h6-8,12H,9-10H2,1-5H3/t12-/m0/s1. The molecule has 1 heteroatoms. The monoisotopic (exact) mass is 250 g/mol. The summed E-state index contributed by atoms with van der Waals surface area (Å²) < 4.78 is 0. The van der Waals surface area contributed by atoms with Gasteiger partial charge in [-0.3, -0.25) is 0 Å². The molecule has 0 aromatic heterocycles. The van der Waals surface area contributed by atoms with Crippen LogP contribution in [0.1, 0.15) is 50.8 Å². The molecule has 0 radical (unpaired) electrons. The Labute approximate surface area is 110 Å². The van der Waals surface area contributed by atoms with Crippen LogP contribution in [0.5, 0.6) is 0 Å². The molecule has 94 valence electrons. The fraction of sp³-hybridized carbons (Fsp3) is 0.625. The molecule has 0 aliphatic heterocycles. The van der Waals surface area contributed by atoms with Crippen LogP contribution >= 0.6 is 11.6 Å². The van der Waals surface area contributed by atoms with Gasteiger partial charge in [-0.25, -0.2) is 0 Å². The van der Waals surface area contributed by atoms with Crippen molar-refractivity contribution in [1.82, 2.24) is 0 Å². The number of aryl methyl sites for hydroxylation is 1. The summed E-state index contributed by atoms with van der Waals surface area (Å²) in [4.78, 5) is 0. The molecular formula is C16H23Cl. The first kappa shape index (κ1) is 13.0. The molecule has 0 nitrogen and oxygen atoms in total. The topological polar surface area (TPSA) is 0 Å². The predicted molar refractivity (Wildman–Crippen MR) is 76.1 cm³/mol. The Morgan fingerprint density at radius 3 is 2.41 bits per heavy atom. The van der Waals surface area contributed by atoms with Crippen molar-refractivity contribution in [3.05, 3.63) is 34.9 Å². The predicted octanol–water partition coefficient (Wildman–Crippen LogP) is 4.81. The van der Waals surface area contributed by atoms with Crippen molar-refractivity contribution in [2.45, 2.75) is 51.9 Å². The van der Waals surface area contributed by atoms with E-state index in [1.807, 2.05) is 0 Å². The minimum Gasteiger partial charge on any atom is -0.126 e. The molecule has 1 aliphatic carbocycles. The van der Waals surface area contributed by atoms with Crippen LogP contribution in [0.2, 0.25) is 0 Å². The third-order valence-corrected chi connectivity index (χ3v) is 4.93. The average Bonchev–Trinajstić information content (AvgIpc) is 2.24. The molecule has 1 aliphatic rings. The molecule has 0 heterocycles. The Balaban J connectivity index is 2.64. The number of hydrogen-bond donors (Lipinski definition) is 0. The lowest BCUT2D eigenvalue weighted by molar-refractivity contribution is 0.236. The number of fused-ring (bicyclic) bond motifs is 1. The van der Waals surface area contributed by atoms with Crippen molar-refractivity contribution in [3.63, 3.8) is 0 Å². The van der Waals surface area contributed by atoms with Gasteiger partial charge in [-0.05, 0) is 41.2 Å². The zero-order valence-electron chi connectivity index (χ0n) is 11.6. The first-order chi connectivity index (χ1) is 7.79. The van der Waals surface area contributed by atoms with Crippen LogP contribution < -0.4 is 0 Å². The molecule has 0 saturated heterocycles. The van der Waals surface area contributed by atoms with Gasteiger partial charge in [0, 0.05) is 5.88 Å². The summed E-state index contributed by atoms with van der Waals surface area (Å²) in [5, 5.41) is 0. The first-order valence-corrected chi connectivity index (χ1v) is 7.00. The second-order valence-corrected chi connectivity index (χ2v) is 7.02. The van der Waals surface area contributed by atoms with Crippen molar-refractivity contribution in [1.29, 1.82) is 0 Å². The molecule has 17 heavy (non-hydrogen) atoms.